The van der Waals surface area contributed by atoms with Crippen molar-refractivity contribution in [2.75, 3.05) is 11.9 Å². The number of nitrogens with one attached hydrogen (secondary N) is 1. The molecule has 2 rings (SSSR count). The van der Waals surface area contributed by atoms with Gasteiger partial charge in [0, 0.05) is 6.07 Å². The zero-order chi connectivity index (χ0) is 19.3. The van der Waals surface area contributed by atoms with Crippen LogP contribution in [0.2, 0.25) is 0 Å². The van der Waals surface area contributed by atoms with Gasteiger partial charge in [0.1, 0.15) is 5.69 Å². The van der Waals surface area contributed by atoms with Crippen molar-refractivity contribution in [3.8, 4) is 0 Å². The van der Waals surface area contributed by atoms with Crippen LogP contribution in [0.1, 0.15) is 37.7 Å². The lowest BCUT2D eigenvalue weighted by Crippen LogP contribution is -2.26. The predicted octanol–water partition coefficient (Wildman–Crippen LogP) is 3.68. The molecule has 26 heavy (non-hydrogen) atoms. The first-order valence-electron chi connectivity index (χ1n) is 8.00. The molecule has 142 valence electrons. The molecule has 1 aromatic carbocycles. The molecule has 0 radical (unpaired) electrons. The van der Waals surface area contributed by atoms with Crippen molar-refractivity contribution in [3.05, 3.63) is 33.9 Å². The molecule has 1 aromatic rings. The standard InChI is InChI=1S/C16H17F3N2O5/c17-16(18,19)11-6-7-12(13(8-11)21(24)25)20-14(22)9-26-15(23)10-4-2-1-3-5-10/h6-8,10H,1-5,9H2,(H,20,22). The van der Waals surface area contributed by atoms with Gasteiger partial charge in [-0.25, -0.2) is 0 Å². The van der Waals surface area contributed by atoms with Gasteiger partial charge in [0.25, 0.3) is 11.6 Å². The molecular weight excluding hydrogens is 357 g/mol. The maximum absolute atomic E-state index is 12.6. The van der Waals surface area contributed by atoms with Gasteiger partial charge in [-0.15, -0.1) is 0 Å². The molecule has 1 saturated carbocycles. The highest BCUT2D eigenvalue weighted by atomic mass is 19.4. The van der Waals surface area contributed by atoms with Gasteiger partial charge < -0.3 is 10.1 Å². The summed E-state index contributed by atoms with van der Waals surface area (Å²) < 4.78 is 42.8. The summed E-state index contributed by atoms with van der Waals surface area (Å²) in [5.74, 6) is -1.64. The van der Waals surface area contributed by atoms with Crippen molar-refractivity contribution in [2.45, 2.75) is 38.3 Å². The first-order chi connectivity index (χ1) is 12.2. The van der Waals surface area contributed by atoms with E-state index in [1.54, 1.807) is 0 Å². The number of nitro benzene ring substituents is 1. The number of nitro groups is 1. The van der Waals surface area contributed by atoms with Crippen LogP contribution < -0.4 is 5.32 Å². The minimum absolute atomic E-state index is 0.267. The van der Waals surface area contributed by atoms with E-state index in [2.05, 4.69) is 5.32 Å². The number of benzene rings is 1. The Morgan fingerprint density at radius 2 is 1.88 bits per heavy atom. The maximum Gasteiger partial charge on any atom is 0.416 e. The highest BCUT2D eigenvalue weighted by molar-refractivity contribution is 5.95. The van der Waals surface area contributed by atoms with E-state index in [9.17, 15) is 32.9 Å². The molecule has 1 fully saturated rings. The summed E-state index contributed by atoms with van der Waals surface area (Å²) in [6.07, 6.45) is -0.520. The number of hydrogen-bond acceptors (Lipinski definition) is 5. The van der Waals surface area contributed by atoms with Gasteiger partial charge >= 0.3 is 12.1 Å². The summed E-state index contributed by atoms with van der Waals surface area (Å²) in [6, 6.07) is 1.75. The van der Waals surface area contributed by atoms with Crippen LogP contribution in [0.15, 0.2) is 18.2 Å². The summed E-state index contributed by atoms with van der Waals surface area (Å²) >= 11 is 0. The maximum atomic E-state index is 12.6. The number of ether oxygens (including phenoxy) is 1. The first kappa shape index (κ1) is 19.7. The van der Waals surface area contributed by atoms with Crippen molar-refractivity contribution < 1.29 is 32.4 Å². The van der Waals surface area contributed by atoms with Crippen LogP contribution in [0, 0.1) is 16.0 Å². The van der Waals surface area contributed by atoms with E-state index in [0.29, 0.717) is 25.0 Å². The molecular formula is C16H17F3N2O5. The fraction of sp³-hybridized carbons (Fsp3) is 0.500. The van der Waals surface area contributed by atoms with E-state index in [-0.39, 0.29) is 5.92 Å². The summed E-state index contributed by atoms with van der Waals surface area (Å²) in [7, 11) is 0. The van der Waals surface area contributed by atoms with Gasteiger partial charge in [-0.1, -0.05) is 19.3 Å². The van der Waals surface area contributed by atoms with E-state index in [1.165, 1.54) is 0 Å². The zero-order valence-electron chi connectivity index (χ0n) is 13.7. The van der Waals surface area contributed by atoms with Gasteiger partial charge in [0.05, 0.1) is 16.4 Å². The van der Waals surface area contributed by atoms with Crippen LogP contribution in [0.25, 0.3) is 0 Å². The summed E-state index contributed by atoms with van der Waals surface area (Å²) in [6.45, 7) is -0.659. The molecule has 1 aliphatic carbocycles. The number of alkyl halides is 3. The highest BCUT2D eigenvalue weighted by Gasteiger charge is 2.33. The Kier molecular flexibility index (Phi) is 6.17. The molecule has 1 amide bonds. The Balaban J connectivity index is 1.99. The Labute approximate surface area is 146 Å². The molecule has 0 bridgehead atoms. The lowest BCUT2D eigenvalue weighted by atomic mass is 9.89. The molecule has 0 aliphatic heterocycles. The number of halogens is 3. The van der Waals surface area contributed by atoms with Gasteiger partial charge in [0.15, 0.2) is 6.61 Å². The molecule has 10 heteroatoms. The largest absolute Gasteiger partial charge is 0.455 e. The van der Waals surface area contributed by atoms with Gasteiger partial charge in [-0.2, -0.15) is 13.2 Å². The first-order valence-corrected chi connectivity index (χ1v) is 8.00. The van der Waals surface area contributed by atoms with Gasteiger partial charge in [-0.05, 0) is 25.0 Å². The van der Waals surface area contributed by atoms with Crippen molar-refractivity contribution in [3.63, 3.8) is 0 Å². The average molecular weight is 374 g/mol. The molecule has 1 N–H and O–H groups in total. The molecule has 0 heterocycles. The van der Waals surface area contributed by atoms with E-state index in [0.717, 1.165) is 25.3 Å². The Morgan fingerprint density at radius 1 is 1.23 bits per heavy atom. The summed E-state index contributed by atoms with van der Waals surface area (Å²) in [4.78, 5) is 33.6. The molecule has 0 spiro atoms. The van der Waals surface area contributed by atoms with Gasteiger partial charge in [-0.3, -0.25) is 19.7 Å². The van der Waals surface area contributed by atoms with Crippen LogP contribution in [-0.2, 0) is 20.5 Å². The topological polar surface area (TPSA) is 98.5 Å². The second-order valence-corrected chi connectivity index (χ2v) is 5.98. The Bertz CT molecular complexity index is 700. The molecule has 0 atom stereocenters. The Hall–Kier alpha value is -2.65. The van der Waals surface area contributed by atoms with Crippen LogP contribution in [0.3, 0.4) is 0 Å². The highest BCUT2D eigenvalue weighted by Crippen LogP contribution is 2.35. The van der Waals surface area contributed by atoms with Gasteiger partial charge in [0.2, 0.25) is 0 Å². The Morgan fingerprint density at radius 3 is 2.46 bits per heavy atom. The number of nitrogens with zero attached hydrogens (tertiary/aromatic N) is 1. The fourth-order valence-electron chi connectivity index (χ4n) is 2.74. The van der Waals surface area contributed by atoms with Crippen molar-refractivity contribution >= 4 is 23.3 Å². The lowest BCUT2D eigenvalue weighted by molar-refractivity contribution is -0.384. The summed E-state index contributed by atoms with van der Waals surface area (Å²) in [5, 5.41) is 13.1. The zero-order valence-corrected chi connectivity index (χ0v) is 13.7. The molecule has 7 nitrogen and oxygen atoms in total. The SMILES string of the molecule is O=C(COC(=O)C1CCCCC1)Nc1ccc(C(F)(F)F)cc1[N+](=O)[O-]. The third-order valence-corrected chi connectivity index (χ3v) is 4.08. The molecule has 0 aromatic heterocycles. The fourth-order valence-corrected chi connectivity index (χ4v) is 2.74. The minimum Gasteiger partial charge on any atom is -0.455 e. The number of carbonyl (C=O) groups is 2. The van der Waals surface area contributed by atoms with E-state index in [1.807, 2.05) is 0 Å². The number of carbonyl (C=O) groups excluding carboxylic acids is 2. The normalized spacial score (nSPS) is 15.3. The van der Waals surface area contributed by atoms with Crippen LogP contribution in [-0.4, -0.2) is 23.4 Å². The lowest BCUT2D eigenvalue weighted by Gasteiger charge is -2.19. The van der Waals surface area contributed by atoms with E-state index >= 15 is 0 Å². The number of hydrogen-bond donors (Lipinski definition) is 1. The molecule has 0 unspecified atom stereocenters. The molecule has 1 aliphatic rings. The number of rotatable bonds is 5. The van der Waals surface area contributed by atoms with Crippen LogP contribution in [0.4, 0.5) is 24.5 Å². The number of esters is 1. The second kappa shape index (κ2) is 8.15. The van der Waals surface area contributed by atoms with Crippen molar-refractivity contribution in [1.82, 2.24) is 0 Å². The van der Waals surface area contributed by atoms with E-state index in [4.69, 9.17) is 4.74 Å². The van der Waals surface area contributed by atoms with Crippen LogP contribution >= 0.6 is 0 Å². The van der Waals surface area contributed by atoms with E-state index < -0.39 is 46.5 Å². The third-order valence-electron chi connectivity index (χ3n) is 4.08. The second-order valence-electron chi connectivity index (χ2n) is 5.98. The monoisotopic (exact) mass is 374 g/mol. The predicted molar refractivity (Wildman–Crippen MR) is 84.3 cm³/mol. The quantitative estimate of drug-likeness (QED) is 0.482. The smallest absolute Gasteiger partial charge is 0.416 e. The minimum atomic E-state index is -4.75. The number of amides is 1. The average Bonchev–Trinajstić information content (AvgIpc) is 2.59. The summed E-state index contributed by atoms with van der Waals surface area (Å²) in [5.41, 5.74) is -2.50. The molecule has 0 saturated heterocycles. The number of anilines is 1. The third kappa shape index (κ3) is 5.17. The van der Waals surface area contributed by atoms with Crippen LogP contribution in [0.5, 0.6) is 0 Å². The van der Waals surface area contributed by atoms with Crippen molar-refractivity contribution in [1.29, 1.82) is 0 Å². The van der Waals surface area contributed by atoms with Crippen molar-refractivity contribution in [2.24, 2.45) is 5.92 Å².